The van der Waals surface area contributed by atoms with Crippen LogP contribution in [0.5, 0.6) is 5.75 Å². The predicted molar refractivity (Wildman–Crippen MR) is 78.0 cm³/mol. The van der Waals surface area contributed by atoms with E-state index in [9.17, 15) is 9.59 Å². The molecule has 1 aliphatic rings. The second-order valence-corrected chi connectivity index (χ2v) is 5.58. The second kappa shape index (κ2) is 7.11. The largest absolute Gasteiger partial charge is 0.492 e. The van der Waals surface area contributed by atoms with E-state index in [1.54, 1.807) is 0 Å². The van der Waals surface area contributed by atoms with E-state index in [-0.39, 0.29) is 11.8 Å². The first-order valence-corrected chi connectivity index (χ1v) is 7.26. The van der Waals surface area contributed by atoms with Gasteiger partial charge in [-0.05, 0) is 30.9 Å². The molecule has 5 heteroatoms. The Labute approximate surface area is 124 Å². The number of nitrogens with one attached hydrogen (secondary N) is 1. The van der Waals surface area contributed by atoms with Crippen LogP contribution in [0.2, 0.25) is 0 Å². The van der Waals surface area contributed by atoms with Crippen molar-refractivity contribution in [1.82, 2.24) is 5.32 Å². The molecule has 5 nitrogen and oxygen atoms in total. The van der Waals surface area contributed by atoms with Gasteiger partial charge in [0.05, 0.1) is 18.4 Å². The van der Waals surface area contributed by atoms with Gasteiger partial charge in [0.25, 0.3) is 0 Å². The molecule has 0 radical (unpaired) electrons. The summed E-state index contributed by atoms with van der Waals surface area (Å²) in [6, 6.07) is 9.36. The molecule has 0 heterocycles. The highest BCUT2D eigenvalue weighted by Crippen LogP contribution is 2.36. The average molecular weight is 291 g/mol. The number of para-hydroxylation sites is 1. The van der Waals surface area contributed by atoms with Crippen molar-refractivity contribution in [3.05, 3.63) is 30.3 Å². The van der Waals surface area contributed by atoms with Crippen LogP contribution in [0.1, 0.15) is 19.8 Å². The Morgan fingerprint density at radius 1 is 1.24 bits per heavy atom. The maximum Gasteiger partial charge on any atom is 0.307 e. The maximum absolute atomic E-state index is 12.1. The molecule has 1 aromatic carbocycles. The minimum absolute atomic E-state index is 0.177. The highest BCUT2D eigenvalue weighted by molar-refractivity contribution is 5.85. The lowest BCUT2D eigenvalue weighted by atomic mass is 9.95. The van der Waals surface area contributed by atoms with Crippen molar-refractivity contribution < 1.29 is 19.4 Å². The van der Waals surface area contributed by atoms with Crippen molar-refractivity contribution >= 4 is 11.9 Å². The predicted octanol–water partition coefficient (Wildman–Crippen LogP) is 1.93. The monoisotopic (exact) mass is 291 g/mol. The minimum atomic E-state index is -0.875. The average Bonchev–Trinajstić information content (AvgIpc) is 2.87. The summed E-state index contributed by atoms with van der Waals surface area (Å²) in [5, 5.41) is 11.9. The number of aliphatic carboxylic acids is 1. The third-order valence-electron chi connectivity index (χ3n) is 3.87. The summed E-state index contributed by atoms with van der Waals surface area (Å²) in [5.41, 5.74) is 0. The zero-order valence-corrected chi connectivity index (χ0v) is 12.1. The summed E-state index contributed by atoms with van der Waals surface area (Å²) in [4.78, 5) is 23.3. The SMILES string of the molecule is CC1C[C@H](C(=O)NCCOc2ccccc2)[C@H](C(=O)O)C1. The maximum atomic E-state index is 12.1. The van der Waals surface area contributed by atoms with E-state index >= 15 is 0 Å². The van der Waals surface area contributed by atoms with Gasteiger partial charge in [-0.3, -0.25) is 9.59 Å². The fourth-order valence-electron chi connectivity index (χ4n) is 2.85. The molecule has 21 heavy (non-hydrogen) atoms. The van der Waals surface area contributed by atoms with Gasteiger partial charge in [-0.25, -0.2) is 0 Å². The van der Waals surface area contributed by atoms with E-state index in [4.69, 9.17) is 9.84 Å². The van der Waals surface area contributed by atoms with E-state index < -0.39 is 17.8 Å². The quantitative estimate of drug-likeness (QED) is 0.785. The molecular formula is C16H21NO4. The van der Waals surface area contributed by atoms with E-state index in [0.29, 0.717) is 26.0 Å². The molecule has 0 saturated heterocycles. The topological polar surface area (TPSA) is 75.6 Å². The Bertz CT molecular complexity index is 488. The number of carboxylic acids is 1. The number of carbonyl (C=O) groups excluding carboxylic acids is 1. The van der Waals surface area contributed by atoms with Crippen LogP contribution in [0.25, 0.3) is 0 Å². The molecule has 1 aliphatic carbocycles. The Morgan fingerprint density at radius 2 is 1.90 bits per heavy atom. The highest BCUT2D eigenvalue weighted by Gasteiger charge is 2.40. The van der Waals surface area contributed by atoms with Crippen LogP contribution < -0.4 is 10.1 Å². The van der Waals surface area contributed by atoms with Gasteiger partial charge < -0.3 is 15.2 Å². The van der Waals surface area contributed by atoms with Crippen LogP contribution >= 0.6 is 0 Å². The Balaban J connectivity index is 1.75. The lowest BCUT2D eigenvalue weighted by molar-refractivity contribution is -0.146. The lowest BCUT2D eigenvalue weighted by Crippen LogP contribution is -2.37. The van der Waals surface area contributed by atoms with Crippen molar-refractivity contribution in [1.29, 1.82) is 0 Å². The zero-order valence-electron chi connectivity index (χ0n) is 12.1. The van der Waals surface area contributed by atoms with Crippen molar-refractivity contribution in [2.24, 2.45) is 17.8 Å². The normalized spacial score (nSPS) is 24.5. The molecule has 1 aromatic rings. The first kappa shape index (κ1) is 15.4. The van der Waals surface area contributed by atoms with Gasteiger partial charge in [-0.2, -0.15) is 0 Å². The lowest BCUT2D eigenvalue weighted by Gasteiger charge is -2.15. The molecule has 0 bridgehead atoms. The van der Waals surface area contributed by atoms with E-state index in [0.717, 1.165) is 5.75 Å². The van der Waals surface area contributed by atoms with Gasteiger partial charge in [0, 0.05) is 0 Å². The van der Waals surface area contributed by atoms with Crippen molar-refractivity contribution in [3.8, 4) is 5.75 Å². The number of carboxylic acid groups (broad SMARTS) is 1. The Morgan fingerprint density at radius 3 is 2.57 bits per heavy atom. The summed E-state index contributed by atoms with van der Waals surface area (Å²) in [6.45, 7) is 2.74. The third kappa shape index (κ3) is 4.21. The Hall–Kier alpha value is -2.04. The summed E-state index contributed by atoms with van der Waals surface area (Å²) in [6.07, 6.45) is 1.22. The fourth-order valence-corrected chi connectivity index (χ4v) is 2.85. The van der Waals surface area contributed by atoms with E-state index in [1.165, 1.54) is 0 Å². The van der Waals surface area contributed by atoms with Crippen molar-refractivity contribution in [3.63, 3.8) is 0 Å². The fraction of sp³-hybridized carbons (Fsp3) is 0.500. The summed E-state index contributed by atoms with van der Waals surface area (Å²) in [5.74, 6) is -1.00. The molecule has 1 unspecified atom stereocenters. The highest BCUT2D eigenvalue weighted by atomic mass is 16.5. The minimum Gasteiger partial charge on any atom is -0.492 e. The number of carbonyl (C=O) groups is 2. The van der Waals surface area contributed by atoms with E-state index in [2.05, 4.69) is 5.32 Å². The summed E-state index contributed by atoms with van der Waals surface area (Å²) < 4.78 is 5.48. The molecule has 0 spiro atoms. The molecule has 114 valence electrons. The molecule has 3 atom stereocenters. The first-order chi connectivity index (χ1) is 10.1. The molecule has 0 aliphatic heterocycles. The number of benzene rings is 1. The van der Waals surface area contributed by atoms with Crippen LogP contribution in [0.4, 0.5) is 0 Å². The smallest absolute Gasteiger partial charge is 0.307 e. The molecule has 1 saturated carbocycles. The molecular weight excluding hydrogens is 270 g/mol. The molecule has 2 rings (SSSR count). The van der Waals surface area contributed by atoms with Gasteiger partial charge in [0.2, 0.25) is 5.91 Å². The van der Waals surface area contributed by atoms with E-state index in [1.807, 2.05) is 37.3 Å². The van der Waals surface area contributed by atoms with Gasteiger partial charge in [0.15, 0.2) is 0 Å². The molecule has 0 aromatic heterocycles. The molecule has 1 amide bonds. The second-order valence-electron chi connectivity index (χ2n) is 5.58. The van der Waals surface area contributed by atoms with Gasteiger partial charge in [-0.15, -0.1) is 0 Å². The number of rotatable bonds is 6. The van der Waals surface area contributed by atoms with Crippen LogP contribution in [0.15, 0.2) is 30.3 Å². The van der Waals surface area contributed by atoms with Crippen molar-refractivity contribution in [2.45, 2.75) is 19.8 Å². The van der Waals surface area contributed by atoms with Gasteiger partial charge in [0.1, 0.15) is 12.4 Å². The van der Waals surface area contributed by atoms with Crippen molar-refractivity contribution in [2.75, 3.05) is 13.2 Å². The Kier molecular flexibility index (Phi) is 5.20. The summed E-state index contributed by atoms with van der Waals surface area (Å²) in [7, 11) is 0. The number of hydrogen-bond donors (Lipinski definition) is 2. The summed E-state index contributed by atoms with van der Waals surface area (Å²) >= 11 is 0. The van der Waals surface area contributed by atoms with Crippen LogP contribution in [0.3, 0.4) is 0 Å². The third-order valence-corrected chi connectivity index (χ3v) is 3.87. The first-order valence-electron chi connectivity index (χ1n) is 7.26. The van der Waals surface area contributed by atoms with Gasteiger partial charge in [-0.1, -0.05) is 25.1 Å². The van der Waals surface area contributed by atoms with Crippen LogP contribution in [-0.4, -0.2) is 30.1 Å². The van der Waals surface area contributed by atoms with Crippen LogP contribution in [-0.2, 0) is 9.59 Å². The number of ether oxygens (including phenoxy) is 1. The standard InChI is InChI=1S/C16H21NO4/c1-11-9-13(14(10-11)16(19)20)15(18)17-7-8-21-12-5-3-2-4-6-12/h2-6,11,13-14H,7-10H2,1H3,(H,17,18)(H,19,20)/t11?,13-,14+/m0/s1. The zero-order chi connectivity index (χ0) is 15.2. The molecule has 1 fully saturated rings. The molecule has 2 N–H and O–H groups in total. The number of hydrogen-bond acceptors (Lipinski definition) is 3. The van der Waals surface area contributed by atoms with Gasteiger partial charge >= 0.3 is 5.97 Å². The number of amides is 1. The van der Waals surface area contributed by atoms with Crippen LogP contribution in [0, 0.1) is 17.8 Å².